The summed E-state index contributed by atoms with van der Waals surface area (Å²) in [7, 11) is -4.15. The first kappa shape index (κ1) is 13.9. The van der Waals surface area contributed by atoms with Crippen molar-refractivity contribution in [1.82, 2.24) is 0 Å². The topological polar surface area (TPSA) is 101 Å². The number of rotatable bonds is 4. The van der Waals surface area contributed by atoms with Gasteiger partial charge in [0.2, 0.25) is 0 Å². The molecule has 0 radical (unpaired) electrons. The summed E-state index contributed by atoms with van der Waals surface area (Å²) in [4.78, 5) is 11.4. The Kier molecular flexibility index (Phi) is 4.49. The number of ether oxygens (including phenoxy) is 1. The van der Waals surface area contributed by atoms with Crippen LogP contribution in [-0.2, 0) is 14.9 Å². The van der Waals surface area contributed by atoms with Crippen LogP contribution >= 0.6 is 15.9 Å². The van der Waals surface area contributed by atoms with Crippen LogP contribution in [0.1, 0.15) is 10.4 Å². The zero-order valence-corrected chi connectivity index (χ0v) is 10.9. The minimum Gasteiger partial charge on any atom is -0.507 e. The molecule has 6 nitrogen and oxygen atoms in total. The zero-order valence-electron chi connectivity index (χ0n) is 8.46. The van der Waals surface area contributed by atoms with Crippen LogP contribution in [0.15, 0.2) is 22.7 Å². The van der Waals surface area contributed by atoms with E-state index in [0.29, 0.717) is 4.47 Å². The van der Waals surface area contributed by atoms with Crippen molar-refractivity contribution in [2.24, 2.45) is 0 Å². The molecular weight excluding hydrogens is 316 g/mol. The first-order valence-electron chi connectivity index (χ1n) is 4.40. The quantitative estimate of drug-likeness (QED) is 0.637. The zero-order chi connectivity index (χ0) is 13.1. The predicted molar refractivity (Wildman–Crippen MR) is 62.5 cm³/mol. The maximum Gasteiger partial charge on any atom is 0.338 e. The lowest BCUT2D eigenvalue weighted by Gasteiger charge is -2.04. The van der Waals surface area contributed by atoms with Gasteiger partial charge in [0.1, 0.15) is 18.1 Å². The predicted octanol–water partition coefficient (Wildman–Crippen LogP) is 1.20. The Balaban J connectivity index is 2.61. The molecule has 0 saturated heterocycles. The molecule has 0 heterocycles. The van der Waals surface area contributed by atoms with Crippen LogP contribution in [0.4, 0.5) is 0 Å². The summed E-state index contributed by atoms with van der Waals surface area (Å²) in [5.41, 5.74) is 0.0843. The summed E-state index contributed by atoms with van der Waals surface area (Å²) in [6.07, 6.45) is 0. The van der Waals surface area contributed by atoms with Crippen molar-refractivity contribution in [3.05, 3.63) is 28.2 Å². The van der Waals surface area contributed by atoms with Gasteiger partial charge in [0.25, 0.3) is 10.1 Å². The normalized spacial score (nSPS) is 11.2. The second-order valence-corrected chi connectivity index (χ2v) is 5.51. The molecule has 1 aromatic carbocycles. The molecule has 0 atom stereocenters. The van der Waals surface area contributed by atoms with E-state index < -0.39 is 28.4 Å². The van der Waals surface area contributed by atoms with Crippen molar-refractivity contribution in [1.29, 1.82) is 0 Å². The number of benzene rings is 1. The van der Waals surface area contributed by atoms with Crippen LogP contribution in [0.5, 0.6) is 5.75 Å². The maximum atomic E-state index is 11.4. The van der Waals surface area contributed by atoms with Crippen molar-refractivity contribution >= 4 is 32.0 Å². The highest BCUT2D eigenvalue weighted by Gasteiger charge is 2.11. The van der Waals surface area contributed by atoms with E-state index in [1.165, 1.54) is 18.2 Å². The second-order valence-electron chi connectivity index (χ2n) is 3.09. The Labute approximate surface area is 106 Å². The molecule has 0 aliphatic heterocycles. The minimum atomic E-state index is -4.15. The molecule has 0 spiro atoms. The van der Waals surface area contributed by atoms with E-state index in [4.69, 9.17) is 4.55 Å². The molecule has 2 N–H and O–H groups in total. The Morgan fingerprint density at radius 1 is 1.41 bits per heavy atom. The number of phenolic OH excluding ortho intramolecular Hbond substituents is 1. The summed E-state index contributed by atoms with van der Waals surface area (Å²) in [5.74, 6) is -1.58. The SMILES string of the molecule is O=C(OCCS(=O)(=O)O)c1ccc(Br)c(O)c1. The third-order valence-electron chi connectivity index (χ3n) is 1.76. The largest absolute Gasteiger partial charge is 0.507 e. The number of aromatic hydroxyl groups is 1. The number of phenols is 1. The minimum absolute atomic E-state index is 0.0843. The van der Waals surface area contributed by atoms with E-state index in [0.717, 1.165) is 0 Å². The fourth-order valence-electron chi connectivity index (χ4n) is 0.963. The van der Waals surface area contributed by atoms with Crippen molar-refractivity contribution in [2.75, 3.05) is 12.4 Å². The highest BCUT2D eigenvalue weighted by Crippen LogP contribution is 2.24. The Hall–Kier alpha value is -1.12. The van der Waals surface area contributed by atoms with Gasteiger partial charge in [-0.15, -0.1) is 0 Å². The van der Waals surface area contributed by atoms with Crippen LogP contribution in [0.2, 0.25) is 0 Å². The first-order chi connectivity index (χ1) is 7.79. The molecule has 0 unspecified atom stereocenters. The summed E-state index contributed by atoms with van der Waals surface area (Å²) in [6, 6.07) is 4.04. The summed E-state index contributed by atoms with van der Waals surface area (Å²) in [5, 5.41) is 9.31. The Morgan fingerprint density at radius 3 is 2.59 bits per heavy atom. The molecule has 0 bridgehead atoms. The highest BCUT2D eigenvalue weighted by atomic mass is 79.9. The van der Waals surface area contributed by atoms with Gasteiger partial charge in [-0.05, 0) is 34.1 Å². The lowest BCUT2D eigenvalue weighted by atomic mass is 10.2. The molecular formula is C9H9BrO6S. The first-order valence-corrected chi connectivity index (χ1v) is 6.80. The molecule has 0 aliphatic rings. The van der Waals surface area contributed by atoms with Gasteiger partial charge in [0, 0.05) is 0 Å². The van der Waals surface area contributed by atoms with E-state index in [9.17, 15) is 18.3 Å². The third-order valence-corrected chi connectivity index (χ3v) is 3.11. The van der Waals surface area contributed by atoms with Gasteiger partial charge in [-0.1, -0.05) is 0 Å². The van der Waals surface area contributed by atoms with Crippen LogP contribution in [-0.4, -0.2) is 36.4 Å². The molecule has 0 amide bonds. The van der Waals surface area contributed by atoms with E-state index in [2.05, 4.69) is 20.7 Å². The van der Waals surface area contributed by atoms with Crippen molar-refractivity contribution in [2.45, 2.75) is 0 Å². The third kappa shape index (κ3) is 4.72. The average molecular weight is 325 g/mol. The smallest absolute Gasteiger partial charge is 0.338 e. The van der Waals surface area contributed by atoms with Gasteiger partial charge in [-0.3, -0.25) is 4.55 Å². The summed E-state index contributed by atoms with van der Waals surface area (Å²) < 4.78 is 34.2. The number of carbonyl (C=O) groups excluding carboxylic acids is 1. The van der Waals surface area contributed by atoms with Crippen molar-refractivity contribution in [3.8, 4) is 5.75 Å². The molecule has 0 aromatic heterocycles. The summed E-state index contributed by atoms with van der Waals surface area (Å²) in [6.45, 7) is -0.450. The Bertz CT molecular complexity index is 524. The van der Waals surface area contributed by atoms with Gasteiger partial charge in [-0.2, -0.15) is 8.42 Å². The van der Waals surface area contributed by atoms with Crippen LogP contribution in [0.3, 0.4) is 0 Å². The lowest BCUT2D eigenvalue weighted by molar-refractivity contribution is 0.0528. The van der Waals surface area contributed by atoms with Crippen LogP contribution in [0, 0.1) is 0 Å². The monoisotopic (exact) mass is 324 g/mol. The molecule has 1 aromatic rings. The molecule has 0 aliphatic carbocycles. The van der Waals surface area contributed by atoms with E-state index in [-0.39, 0.29) is 11.3 Å². The van der Waals surface area contributed by atoms with Gasteiger partial charge in [0.05, 0.1) is 10.0 Å². The molecule has 0 fully saturated rings. The van der Waals surface area contributed by atoms with Gasteiger partial charge < -0.3 is 9.84 Å². The highest BCUT2D eigenvalue weighted by molar-refractivity contribution is 9.10. The molecule has 1 rings (SSSR count). The van der Waals surface area contributed by atoms with Gasteiger partial charge >= 0.3 is 5.97 Å². The Morgan fingerprint density at radius 2 is 2.06 bits per heavy atom. The fraction of sp³-hybridized carbons (Fsp3) is 0.222. The van der Waals surface area contributed by atoms with E-state index in [1.807, 2.05) is 0 Å². The van der Waals surface area contributed by atoms with Gasteiger partial charge in [0.15, 0.2) is 0 Å². The van der Waals surface area contributed by atoms with E-state index in [1.54, 1.807) is 0 Å². The molecule has 94 valence electrons. The number of hydrogen-bond acceptors (Lipinski definition) is 5. The van der Waals surface area contributed by atoms with Crippen molar-refractivity contribution < 1.29 is 27.6 Å². The van der Waals surface area contributed by atoms with E-state index >= 15 is 0 Å². The van der Waals surface area contributed by atoms with Gasteiger partial charge in [-0.25, -0.2) is 4.79 Å². The number of halogens is 1. The lowest BCUT2D eigenvalue weighted by Crippen LogP contribution is -2.14. The number of hydrogen-bond donors (Lipinski definition) is 2. The van der Waals surface area contributed by atoms with Crippen LogP contribution < -0.4 is 0 Å². The number of carbonyl (C=O) groups is 1. The molecule has 17 heavy (non-hydrogen) atoms. The molecule has 8 heteroatoms. The number of esters is 1. The fourth-order valence-corrected chi connectivity index (χ4v) is 1.50. The standard InChI is InChI=1S/C9H9BrO6S/c10-7-2-1-6(5-8(7)11)9(12)16-3-4-17(13,14)15/h1-2,5,11H,3-4H2,(H,13,14,15). The second kappa shape index (κ2) is 5.48. The van der Waals surface area contributed by atoms with Crippen LogP contribution in [0.25, 0.3) is 0 Å². The molecule has 0 saturated carbocycles. The summed E-state index contributed by atoms with van der Waals surface area (Å²) >= 11 is 3.04. The maximum absolute atomic E-state index is 11.4. The average Bonchev–Trinajstić information content (AvgIpc) is 2.20. The van der Waals surface area contributed by atoms with Crippen molar-refractivity contribution in [3.63, 3.8) is 0 Å².